The number of aromatic amines is 1. The molecule has 200 valence electrons. The number of amides is 1. The average Bonchev–Trinajstić information content (AvgIpc) is 3.27. The van der Waals surface area contributed by atoms with Gasteiger partial charge >= 0.3 is 13.6 Å². The minimum Gasteiger partial charge on any atom is -0.459 e. The highest BCUT2D eigenvalue weighted by molar-refractivity contribution is 7.53. The fourth-order valence-corrected chi connectivity index (χ4v) is 5.12. The van der Waals surface area contributed by atoms with E-state index in [-0.39, 0.29) is 56.2 Å². The second-order valence-electron chi connectivity index (χ2n) is 7.82. The summed E-state index contributed by atoms with van der Waals surface area (Å²) in [5.74, 6) is -0.953. The number of ether oxygens (including phenoxy) is 2. The maximum atomic E-state index is 12.9. The SMILES string of the molecule is CCOP(=O)(CC[C@H](COC(=O)c1ccccc1)OCn1cnc2nc(NC(C)=O)[nH]c(=O)c21)OCC. The Balaban J connectivity index is 1.74. The summed E-state index contributed by atoms with van der Waals surface area (Å²) in [6.45, 7) is 4.87. The maximum Gasteiger partial charge on any atom is 0.338 e. The van der Waals surface area contributed by atoms with E-state index in [1.807, 2.05) is 0 Å². The van der Waals surface area contributed by atoms with Gasteiger partial charge in [0.2, 0.25) is 11.9 Å². The molecule has 2 aromatic heterocycles. The zero-order valence-electron chi connectivity index (χ0n) is 20.8. The van der Waals surface area contributed by atoms with Gasteiger partial charge in [-0.2, -0.15) is 4.98 Å². The summed E-state index contributed by atoms with van der Waals surface area (Å²) in [6, 6.07) is 8.48. The molecule has 0 saturated carbocycles. The lowest BCUT2D eigenvalue weighted by molar-refractivity contribution is -0.114. The van der Waals surface area contributed by atoms with Crippen molar-refractivity contribution in [1.82, 2.24) is 19.5 Å². The van der Waals surface area contributed by atoms with Crippen molar-refractivity contribution in [2.75, 3.05) is 31.3 Å². The van der Waals surface area contributed by atoms with Crippen LogP contribution in [-0.2, 0) is 34.6 Å². The van der Waals surface area contributed by atoms with Crippen LogP contribution >= 0.6 is 7.60 Å². The number of hydrogen-bond donors (Lipinski definition) is 2. The van der Waals surface area contributed by atoms with Crippen molar-refractivity contribution in [2.45, 2.75) is 40.0 Å². The van der Waals surface area contributed by atoms with Gasteiger partial charge in [0.1, 0.15) is 13.3 Å². The molecule has 0 saturated heterocycles. The van der Waals surface area contributed by atoms with Crippen LogP contribution in [0.3, 0.4) is 0 Å². The number of imidazole rings is 1. The average molecular weight is 535 g/mol. The molecule has 2 heterocycles. The van der Waals surface area contributed by atoms with Gasteiger partial charge in [-0.1, -0.05) is 18.2 Å². The summed E-state index contributed by atoms with van der Waals surface area (Å²) in [4.78, 5) is 47.0. The van der Waals surface area contributed by atoms with E-state index in [9.17, 15) is 18.9 Å². The second-order valence-corrected chi connectivity index (χ2v) is 10.0. The highest BCUT2D eigenvalue weighted by Gasteiger charge is 2.26. The monoisotopic (exact) mass is 535 g/mol. The molecule has 37 heavy (non-hydrogen) atoms. The molecule has 0 bridgehead atoms. The standard InChI is InChI=1S/C23H30N5O8P/c1-4-35-37(32,36-5-2)12-11-18(13-33-22(31)17-9-7-6-8-10-17)34-15-28-14-24-20-19(28)21(30)27-23(26-20)25-16(3)29/h6-10,14,18H,4-5,11-13,15H2,1-3H3,(H2,25,26,27,29,30)/t18-/m1/s1. The second kappa shape index (κ2) is 13.2. The molecule has 0 aliphatic rings. The molecule has 13 nitrogen and oxygen atoms in total. The van der Waals surface area contributed by atoms with E-state index in [0.717, 1.165) is 0 Å². The lowest BCUT2D eigenvalue weighted by Gasteiger charge is -2.22. The van der Waals surface area contributed by atoms with Gasteiger partial charge in [-0.25, -0.2) is 9.78 Å². The van der Waals surface area contributed by atoms with Gasteiger partial charge in [-0.05, 0) is 32.4 Å². The molecule has 0 unspecified atom stereocenters. The van der Waals surface area contributed by atoms with E-state index in [0.29, 0.717) is 5.56 Å². The van der Waals surface area contributed by atoms with Crippen molar-refractivity contribution in [1.29, 1.82) is 0 Å². The van der Waals surface area contributed by atoms with Gasteiger partial charge in [0.05, 0.1) is 37.4 Å². The molecular formula is C23H30N5O8P. The Morgan fingerprint density at radius 1 is 1.16 bits per heavy atom. The molecule has 1 amide bonds. The van der Waals surface area contributed by atoms with Crippen molar-refractivity contribution in [2.24, 2.45) is 0 Å². The molecular weight excluding hydrogens is 505 g/mol. The van der Waals surface area contributed by atoms with Crippen LogP contribution in [0, 0.1) is 0 Å². The van der Waals surface area contributed by atoms with Crippen molar-refractivity contribution < 1.29 is 32.7 Å². The predicted molar refractivity (Wildman–Crippen MR) is 134 cm³/mol. The van der Waals surface area contributed by atoms with E-state index >= 15 is 0 Å². The van der Waals surface area contributed by atoms with Crippen LogP contribution in [0.1, 0.15) is 37.6 Å². The summed E-state index contributed by atoms with van der Waals surface area (Å²) < 4.78 is 36.4. The lowest BCUT2D eigenvalue weighted by atomic mass is 10.2. The minimum atomic E-state index is -3.37. The number of aromatic nitrogens is 4. The Morgan fingerprint density at radius 2 is 1.86 bits per heavy atom. The molecule has 14 heteroatoms. The Labute approximate surface area is 213 Å². The molecule has 3 aromatic rings. The number of hydrogen-bond acceptors (Lipinski definition) is 10. The number of nitrogens with one attached hydrogen (secondary N) is 2. The molecule has 0 radical (unpaired) electrons. The Hall–Kier alpha value is -3.38. The van der Waals surface area contributed by atoms with Gasteiger partial charge < -0.3 is 23.1 Å². The summed E-state index contributed by atoms with van der Waals surface area (Å²) in [6.07, 6.45) is 0.885. The summed E-state index contributed by atoms with van der Waals surface area (Å²) >= 11 is 0. The molecule has 0 fully saturated rings. The van der Waals surface area contributed by atoms with Crippen molar-refractivity contribution >= 4 is 36.6 Å². The molecule has 3 rings (SSSR count). The topological polar surface area (TPSA) is 164 Å². The largest absolute Gasteiger partial charge is 0.459 e. The third-order valence-corrected chi connectivity index (χ3v) is 7.12. The number of rotatable bonds is 14. The highest BCUT2D eigenvalue weighted by atomic mass is 31.2. The van der Waals surface area contributed by atoms with Gasteiger partial charge in [-0.3, -0.25) is 24.5 Å². The maximum absolute atomic E-state index is 12.9. The van der Waals surface area contributed by atoms with Crippen molar-refractivity contribution in [3.63, 3.8) is 0 Å². The van der Waals surface area contributed by atoms with Crippen LogP contribution in [0.15, 0.2) is 41.5 Å². The zero-order chi connectivity index (χ0) is 26.8. The highest BCUT2D eigenvalue weighted by Crippen LogP contribution is 2.48. The third kappa shape index (κ3) is 8.05. The van der Waals surface area contributed by atoms with E-state index < -0.39 is 31.1 Å². The molecule has 1 aromatic carbocycles. The predicted octanol–water partition coefficient (Wildman–Crippen LogP) is 2.93. The van der Waals surface area contributed by atoms with Crippen LogP contribution in [0.2, 0.25) is 0 Å². The summed E-state index contributed by atoms with van der Waals surface area (Å²) in [5, 5.41) is 2.40. The van der Waals surface area contributed by atoms with Crippen LogP contribution in [-0.4, -0.2) is 63.5 Å². The van der Waals surface area contributed by atoms with Crippen LogP contribution in [0.5, 0.6) is 0 Å². The van der Waals surface area contributed by atoms with E-state index in [1.165, 1.54) is 17.8 Å². The quantitative estimate of drug-likeness (QED) is 0.232. The van der Waals surface area contributed by atoms with Crippen molar-refractivity contribution in [3.8, 4) is 0 Å². The molecule has 2 N–H and O–H groups in total. The lowest BCUT2D eigenvalue weighted by Crippen LogP contribution is -2.25. The fourth-order valence-electron chi connectivity index (χ4n) is 3.40. The van der Waals surface area contributed by atoms with Crippen molar-refractivity contribution in [3.05, 3.63) is 52.6 Å². The van der Waals surface area contributed by atoms with E-state index in [1.54, 1.807) is 44.2 Å². The number of nitrogens with zero attached hydrogens (tertiary/aromatic N) is 3. The number of carbonyl (C=O) groups excluding carboxylic acids is 2. The van der Waals surface area contributed by atoms with Crippen LogP contribution in [0.25, 0.3) is 11.2 Å². The van der Waals surface area contributed by atoms with Gasteiger partial charge in [-0.15, -0.1) is 0 Å². The molecule has 1 atom stereocenters. The van der Waals surface area contributed by atoms with Gasteiger partial charge in [0.25, 0.3) is 5.56 Å². The minimum absolute atomic E-state index is 0.0236. The smallest absolute Gasteiger partial charge is 0.338 e. The third-order valence-electron chi connectivity index (χ3n) is 5.01. The van der Waals surface area contributed by atoms with E-state index in [4.69, 9.17) is 18.5 Å². The van der Waals surface area contributed by atoms with E-state index in [2.05, 4.69) is 20.3 Å². The Morgan fingerprint density at radius 3 is 2.51 bits per heavy atom. The summed E-state index contributed by atoms with van der Waals surface area (Å²) in [5.41, 5.74) is 0.0895. The first-order valence-corrected chi connectivity index (χ1v) is 13.4. The molecule has 0 aliphatic carbocycles. The number of fused-ring (bicyclic) bond motifs is 1. The first-order chi connectivity index (χ1) is 17.7. The fraction of sp³-hybridized carbons (Fsp3) is 0.435. The summed E-state index contributed by atoms with van der Waals surface area (Å²) in [7, 11) is -3.37. The van der Waals surface area contributed by atoms with Crippen LogP contribution in [0.4, 0.5) is 5.95 Å². The normalized spacial score (nSPS) is 12.4. The molecule has 0 spiro atoms. The number of H-pyrrole nitrogens is 1. The Bertz CT molecular complexity index is 1300. The number of carbonyl (C=O) groups is 2. The number of esters is 1. The number of benzene rings is 1. The zero-order valence-corrected chi connectivity index (χ0v) is 21.7. The first kappa shape index (κ1) is 28.2. The molecule has 0 aliphatic heterocycles. The van der Waals surface area contributed by atoms with Gasteiger partial charge in [0.15, 0.2) is 11.2 Å². The van der Waals surface area contributed by atoms with Crippen LogP contribution < -0.4 is 10.9 Å². The number of anilines is 1. The van der Waals surface area contributed by atoms with Gasteiger partial charge in [0, 0.05) is 6.92 Å². The first-order valence-electron chi connectivity index (χ1n) is 11.7. The Kier molecular flexibility index (Phi) is 10.1.